The molecule has 3 nitrogen and oxygen atoms in total. The summed E-state index contributed by atoms with van der Waals surface area (Å²) in [6.45, 7) is 0. The van der Waals surface area contributed by atoms with Crippen LogP contribution in [0.15, 0.2) is 36.2 Å². The first-order valence-corrected chi connectivity index (χ1v) is 7.73. The maximum atomic E-state index is 12.7. The van der Waals surface area contributed by atoms with Gasteiger partial charge in [0.15, 0.2) is 0 Å². The molecule has 2 atom stereocenters. The molecule has 0 N–H and O–H groups in total. The predicted molar refractivity (Wildman–Crippen MR) is 77.3 cm³/mol. The minimum atomic E-state index is 0.199. The van der Waals surface area contributed by atoms with Gasteiger partial charge in [-0.2, -0.15) is 0 Å². The first-order valence-electron chi connectivity index (χ1n) is 7.73. The number of carbonyl (C=O) groups is 1. The largest absolute Gasteiger partial charge is 0.332 e. The third kappa shape index (κ3) is 2.15. The van der Waals surface area contributed by atoms with E-state index in [1.54, 1.807) is 18.0 Å². The molecule has 2 aliphatic heterocycles. The highest BCUT2D eigenvalue weighted by molar-refractivity contribution is 5.94. The smallest absolute Gasteiger partial charge is 0.254 e. The molecule has 1 aliphatic carbocycles. The van der Waals surface area contributed by atoms with Gasteiger partial charge < -0.3 is 4.90 Å². The van der Waals surface area contributed by atoms with E-state index < -0.39 is 0 Å². The van der Waals surface area contributed by atoms with Crippen LogP contribution in [0.5, 0.6) is 0 Å². The Balaban J connectivity index is 1.54. The van der Waals surface area contributed by atoms with Crippen LogP contribution in [0.2, 0.25) is 0 Å². The molecule has 0 aromatic carbocycles. The van der Waals surface area contributed by atoms with E-state index in [4.69, 9.17) is 0 Å². The number of rotatable bonds is 2. The van der Waals surface area contributed by atoms with Gasteiger partial charge in [0, 0.05) is 30.0 Å². The Morgan fingerprint density at radius 1 is 1.10 bits per heavy atom. The Morgan fingerprint density at radius 3 is 2.35 bits per heavy atom. The number of nitrogens with zero attached hydrogens (tertiary/aromatic N) is 2. The average molecular weight is 268 g/mol. The minimum Gasteiger partial charge on any atom is -0.332 e. The Hall–Kier alpha value is -1.64. The third-order valence-corrected chi connectivity index (χ3v) is 4.87. The number of amides is 1. The second-order valence-corrected chi connectivity index (χ2v) is 6.40. The molecule has 2 unspecified atom stereocenters. The Kier molecular flexibility index (Phi) is 2.86. The molecule has 1 saturated carbocycles. The molecule has 3 heteroatoms. The molecule has 4 rings (SSSR count). The molecule has 104 valence electrons. The van der Waals surface area contributed by atoms with Gasteiger partial charge in [-0.25, -0.2) is 0 Å². The number of hydrogen-bond acceptors (Lipinski definition) is 2. The summed E-state index contributed by atoms with van der Waals surface area (Å²) >= 11 is 0. The fraction of sp³-hybridized carbons (Fsp3) is 0.529. The van der Waals surface area contributed by atoms with Gasteiger partial charge >= 0.3 is 0 Å². The van der Waals surface area contributed by atoms with E-state index >= 15 is 0 Å². The molecule has 2 saturated heterocycles. The standard InChI is InChI=1S/C17H20N2O/c20-17(14-5-7-18-8-6-14)19-15-3-4-16(19)11-13(10-15)9-12-1-2-12/h5-9,12,15-16H,1-4,10-11H2. The molecule has 0 spiro atoms. The summed E-state index contributed by atoms with van der Waals surface area (Å²) in [6.07, 6.45) is 13.2. The molecule has 1 amide bonds. The zero-order chi connectivity index (χ0) is 13.5. The number of fused-ring (bicyclic) bond motifs is 2. The van der Waals surface area contributed by atoms with Gasteiger partial charge in [0.2, 0.25) is 0 Å². The molecule has 20 heavy (non-hydrogen) atoms. The number of allylic oxidation sites excluding steroid dienone is 1. The molecule has 3 fully saturated rings. The normalized spacial score (nSPS) is 28.6. The number of piperidine rings is 1. The highest BCUT2D eigenvalue weighted by atomic mass is 16.2. The van der Waals surface area contributed by atoms with Gasteiger partial charge in [-0.15, -0.1) is 0 Å². The maximum Gasteiger partial charge on any atom is 0.254 e. The van der Waals surface area contributed by atoms with Crippen molar-refractivity contribution in [3.05, 3.63) is 41.7 Å². The third-order valence-electron chi connectivity index (χ3n) is 4.87. The first-order chi connectivity index (χ1) is 9.81. The summed E-state index contributed by atoms with van der Waals surface area (Å²) in [6, 6.07) is 4.52. The zero-order valence-electron chi connectivity index (χ0n) is 11.7. The van der Waals surface area contributed by atoms with Crippen LogP contribution in [0.3, 0.4) is 0 Å². The van der Waals surface area contributed by atoms with E-state index in [1.807, 2.05) is 12.1 Å². The van der Waals surface area contributed by atoms with Crippen molar-refractivity contribution in [1.29, 1.82) is 0 Å². The van der Waals surface area contributed by atoms with Crippen LogP contribution in [0, 0.1) is 5.92 Å². The van der Waals surface area contributed by atoms with Gasteiger partial charge in [0.25, 0.3) is 5.91 Å². The van der Waals surface area contributed by atoms with Crippen molar-refractivity contribution in [2.24, 2.45) is 5.92 Å². The summed E-state index contributed by atoms with van der Waals surface area (Å²) in [7, 11) is 0. The Morgan fingerprint density at radius 2 is 1.75 bits per heavy atom. The average Bonchev–Trinajstić information content (AvgIpc) is 3.24. The molecule has 0 radical (unpaired) electrons. The molecule has 2 bridgehead atoms. The van der Waals surface area contributed by atoms with Crippen molar-refractivity contribution < 1.29 is 4.79 Å². The van der Waals surface area contributed by atoms with Crippen LogP contribution in [0.25, 0.3) is 0 Å². The minimum absolute atomic E-state index is 0.199. The summed E-state index contributed by atoms with van der Waals surface area (Å²) in [5, 5.41) is 0. The molecule has 3 aliphatic rings. The van der Waals surface area contributed by atoms with E-state index in [0.29, 0.717) is 12.1 Å². The van der Waals surface area contributed by atoms with Crippen molar-refractivity contribution in [1.82, 2.24) is 9.88 Å². The number of aromatic nitrogens is 1. The lowest BCUT2D eigenvalue weighted by Crippen LogP contribution is -2.44. The van der Waals surface area contributed by atoms with Gasteiger partial charge in [-0.3, -0.25) is 9.78 Å². The summed E-state index contributed by atoms with van der Waals surface area (Å²) < 4.78 is 0. The lowest BCUT2D eigenvalue weighted by Gasteiger charge is -2.36. The van der Waals surface area contributed by atoms with Crippen molar-refractivity contribution in [2.75, 3.05) is 0 Å². The quantitative estimate of drug-likeness (QED) is 0.772. The highest BCUT2D eigenvalue weighted by Crippen LogP contribution is 2.41. The molecule has 1 aromatic rings. The van der Waals surface area contributed by atoms with Gasteiger partial charge in [-0.1, -0.05) is 11.6 Å². The van der Waals surface area contributed by atoms with Crippen molar-refractivity contribution in [3.8, 4) is 0 Å². The lowest BCUT2D eigenvalue weighted by molar-refractivity contribution is 0.0634. The first kappa shape index (κ1) is 12.1. The SMILES string of the molecule is O=C(c1ccncc1)N1C2CCC1CC(=CC1CC1)C2. The van der Waals surface area contributed by atoms with Crippen LogP contribution in [0.1, 0.15) is 48.9 Å². The maximum absolute atomic E-state index is 12.7. The van der Waals surface area contributed by atoms with E-state index in [9.17, 15) is 4.79 Å². The van der Waals surface area contributed by atoms with Gasteiger partial charge in [-0.05, 0) is 56.6 Å². The Bertz CT molecular complexity index is 531. The number of hydrogen-bond donors (Lipinski definition) is 0. The lowest BCUT2D eigenvalue weighted by atomic mass is 9.94. The molecular weight excluding hydrogens is 248 g/mol. The summed E-state index contributed by atoms with van der Waals surface area (Å²) in [4.78, 5) is 18.8. The fourth-order valence-corrected chi connectivity index (χ4v) is 3.76. The van der Waals surface area contributed by atoms with Gasteiger partial charge in [0.1, 0.15) is 0 Å². The summed E-state index contributed by atoms with van der Waals surface area (Å²) in [5.74, 6) is 1.05. The predicted octanol–water partition coefficient (Wildman–Crippen LogP) is 3.19. The van der Waals surface area contributed by atoms with E-state index in [-0.39, 0.29) is 5.91 Å². The van der Waals surface area contributed by atoms with Crippen LogP contribution < -0.4 is 0 Å². The van der Waals surface area contributed by atoms with Gasteiger partial charge in [0.05, 0.1) is 0 Å². The van der Waals surface area contributed by atoms with Crippen molar-refractivity contribution >= 4 is 5.91 Å². The molecule has 3 heterocycles. The van der Waals surface area contributed by atoms with E-state index in [1.165, 1.54) is 25.7 Å². The molecule has 1 aromatic heterocycles. The van der Waals surface area contributed by atoms with Crippen LogP contribution in [0.4, 0.5) is 0 Å². The van der Waals surface area contributed by atoms with Crippen LogP contribution in [-0.4, -0.2) is 27.9 Å². The Labute approximate surface area is 119 Å². The van der Waals surface area contributed by atoms with E-state index in [0.717, 1.165) is 24.3 Å². The van der Waals surface area contributed by atoms with Crippen LogP contribution in [-0.2, 0) is 0 Å². The topological polar surface area (TPSA) is 33.2 Å². The van der Waals surface area contributed by atoms with Crippen molar-refractivity contribution in [3.63, 3.8) is 0 Å². The second-order valence-electron chi connectivity index (χ2n) is 6.40. The monoisotopic (exact) mass is 268 g/mol. The second kappa shape index (κ2) is 4.72. The highest BCUT2D eigenvalue weighted by Gasteiger charge is 2.41. The number of carbonyl (C=O) groups excluding carboxylic acids is 1. The van der Waals surface area contributed by atoms with E-state index in [2.05, 4.69) is 16.0 Å². The fourth-order valence-electron chi connectivity index (χ4n) is 3.76. The molecular formula is C17H20N2O. The summed E-state index contributed by atoms with van der Waals surface area (Å²) in [5.41, 5.74) is 2.39. The number of pyridine rings is 1. The van der Waals surface area contributed by atoms with Crippen LogP contribution >= 0.6 is 0 Å². The van der Waals surface area contributed by atoms with Crippen molar-refractivity contribution in [2.45, 2.75) is 50.6 Å². The zero-order valence-corrected chi connectivity index (χ0v) is 11.7.